The first kappa shape index (κ1) is 22.4. The van der Waals surface area contributed by atoms with Gasteiger partial charge in [0.25, 0.3) is 0 Å². The number of halogens is 1. The minimum absolute atomic E-state index is 0.210. The van der Waals surface area contributed by atoms with Gasteiger partial charge in [-0.25, -0.2) is 4.39 Å². The molecule has 6 nitrogen and oxygen atoms in total. The van der Waals surface area contributed by atoms with Crippen LogP contribution < -0.4 is 26.6 Å². The summed E-state index contributed by atoms with van der Waals surface area (Å²) in [5.74, 6) is -0.456. The zero-order chi connectivity index (χ0) is 23.0. The predicted molar refractivity (Wildman–Crippen MR) is 134 cm³/mol. The smallest absolute Gasteiger partial charge is 0.248 e. The molecule has 0 bridgehead atoms. The highest BCUT2D eigenvalue weighted by molar-refractivity contribution is 6.03. The molecule has 170 valence electrons. The number of nitrogens with zero attached hydrogens (tertiary/aromatic N) is 1. The first-order valence-electron chi connectivity index (χ1n) is 11.0. The molecule has 0 aromatic heterocycles. The molecule has 0 spiro atoms. The van der Waals surface area contributed by atoms with Gasteiger partial charge in [-0.1, -0.05) is 36.4 Å². The van der Waals surface area contributed by atoms with Gasteiger partial charge >= 0.3 is 0 Å². The Labute approximate surface area is 193 Å². The molecule has 1 heterocycles. The van der Waals surface area contributed by atoms with E-state index in [9.17, 15) is 9.18 Å². The molecule has 0 atom stereocenters. The number of nitrogen functional groups attached to an aromatic ring is 1. The van der Waals surface area contributed by atoms with E-state index in [1.54, 1.807) is 24.3 Å². The van der Waals surface area contributed by atoms with Crippen LogP contribution in [-0.4, -0.2) is 32.1 Å². The third-order valence-electron chi connectivity index (χ3n) is 5.53. The first-order valence-corrected chi connectivity index (χ1v) is 11.0. The molecule has 1 aliphatic heterocycles. The average Bonchev–Trinajstić information content (AvgIpc) is 2.84. The molecule has 4 rings (SSSR count). The van der Waals surface area contributed by atoms with E-state index >= 15 is 0 Å². The lowest BCUT2D eigenvalue weighted by Crippen LogP contribution is -2.43. The molecule has 5 N–H and O–H groups in total. The van der Waals surface area contributed by atoms with Crippen molar-refractivity contribution in [2.75, 3.05) is 47.4 Å². The van der Waals surface area contributed by atoms with Gasteiger partial charge in [-0.3, -0.25) is 4.79 Å². The SMILES string of the molecule is Nc1ccccc1NC(=O)C=Cc1ccc(CNc2ccc(N3CCNCC3)c(F)c2)cc1. The Bertz CT molecular complexity index is 1120. The fourth-order valence-electron chi connectivity index (χ4n) is 3.69. The molecule has 1 aliphatic rings. The van der Waals surface area contributed by atoms with Crippen LogP contribution in [0, 0.1) is 5.82 Å². The number of rotatable bonds is 7. The summed E-state index contributed by atoms with van der Waals surface area (Å²) >= 11 is 0. The third kappa shape index (κ3) is 6.11. The Morgan fingerprint density at radius 2 is 1.82 bits per heavy atom. The lowest BCUT2D eigenvalue weighted by Gasteiger charge is -2.29. The van der Waals surface area contributed by atoms with E-state index in [4.69, 9.17) is 5.73 Å². The van der Waals surface area contributed by atoms with Crippen molar-refractivity contribution in [3.05, 3.63) is 89.8 Å². The number of anilines is 4. The fraction of sp³-hybridized carbons (Fsp3) is 0.192. The summed E-state index contributed by atoms with van der Waals surface area (Å²) < 4.78 is 14.6. The van der Waals surface area contributed by atoms with Crippen molar-refractivity contribution in [1.29, 1.82) is 0 Å². The van der Waals surface area contributed by atoms with Gasteiger partial charge in [-0.05, 0) is 47.5 Å². The molecule has 33 heavy (non-hydrogen) atoms. The molecule has 1 fully saturated rings. The summed E-state index contributed by atoms with van der Waals surface area (Å²) in [7, 11) is 0. The predicted octanol–water partition coefficient (Wildman–Crippen LogP) is 4.08. The van der Waals surface area contributed by atoms with E-state index < -0.39 is 0 Å². The summed E-state index contributed by atoms with van der Waals surface area (Å²) in [6.07, 6.45) is 3.22. The van der Waals surface area contributed by atoms with Gasteiger partial charge in [-0.15, -0.1) is 0 Å². The standard InChI is InChI=1S/C26H28FN5O/c27-22-17-21(10-11-25(22)32-15-13-29-14-16-32)30-18-20-7-5-19(6-8-20)9-12-26(33)31-24-4-2-1-3-23(24)28/h1-12,17,29-30H,13-16,18,28H2,(H,31,33). The monoisotopic (exact) mass is 445 g/mol. The zero-order valence-electron chi connectivity index (χ0n) is 18.4. The number of benzene rings is 3. The number of carbonyl (C=O) groups is 1. The maximum absolute atomic E-state index is 14.6. The number of para-hydroxylation sites is 2. The molecular weight excluding hydrogens is 417 g/mol. The second kappa shape index (κ2) is 10.7. The minimum atomic E-state index is -0.245. The molecule has 7 heteroatoms. The highest BCUT2D eigenvalue weighted by Gasteiger charge is 2.14. The van der Waals surface area contributed by atoms with Gasteiger partial charge in [0.1, 0.15) is 5.82 Å². The van der Waals surface area contributed by atoms with Crippen molar-refractivity contribution in [2.45, 2.75) is 6.54 Å². The van der Waals surface area contributed by atoms with Crippen LogP contribution in [0.15, 0.2) is 72.8 Å². The Hall–Kier alpha value is -3.84. The first-order chi connectivity index (χ1) is 16.1. The van der Waals surface area contributed by atoms with Crippen LogP contribution >= 0.6 is 0 Å². The summed E-state index contributed by atoms with van der Waals surface area (Å²) in [6, 6.07) is 20.3. The second-order valence-electron chi connectivity index (χ2n) is 7.91. The highest BCUT2D eigenvalue weighted by Crippen LogP contribution is 2.24. The van der Waals surface area contributed by atoms with Gasteiger partial charge < -0.3 is 26.6 Å². The lowest BCUT2D eigenvalue weighted by molar-refractivity contribution is -0.111. The van der Waals surface area contributed by atoms with Crippen LogP contribution in [0.2, 0.25) is 0 Å². The molecule has 1 amide bonds. The van der Waals surface area contributed by atoms with Gasteiger partial charge in [0, 0.05) is 44.5 Å². The quantitative estimate of drug-likeness (QED) is 0.325. The van der Waals surface area contributed by atoms with E-state index in [1.807, 2.05) is 48.5 Å². The largest absolute Gasteiger partial charge is 0.397 e. The molecule has 3 aromatic carbocycles. The lowest BCUT2D eigenvalue weighted by atomic mass is 10.1. The number of nitrogens with one attached hydrogen (secondary N) is 3. The topological polar surface area (TPSA) is 82.4 Å². The highest BCUT2D eigenvalue weighted by atomic mass is 19.1. The van der Waals surface area contributed by atoms with Gasteiger partial charge in [0.2, 0.25) is 5.91 Å². The van der Waals surface area contributed by atoms with Crippen LogP contribution in [0.4, 0.5) is 27.1 Å². The van der Waals surface area contributed by atoms with E-state index in [0.29, 0.717) is 23.6 Å². The molecule has 0 saturated carbocycles. The van der Waals surface area contributed by atoms with Crippen LogP contribution in [-0.2, 0) is 11.3 Å². The molecule has 0 radical (unpaired) electrons. The zero-order valence-corrected chi connectivity index (χ0v) is 18.4. The van der Waals surface area contributed by atoms with Gasteiger partial charge in [0.15, 0.2) is 0 Å². The van der Waals surface area contributed by atoms with Gasteiger partial charge in [-0.2, -0.15) is 0 Å². The Kier molecular flexibility index (Phi) is 7.22. The van der Waals surface area contributed by atoms with E-state index in [0.717, 1.165) is 43.0 Å². The second-order valence-corrected chi connectivity index (χ2v) is 7.91. The van der Waals surface area contributed by atoms with E-state index in [-0.39, 0.29) is 11.7 Å². The van der Waals surface area contributed by atoms with Crippen LogP contribution in [0.5, 0.6) is 0 Å². The van der Waals surface area contributed by atoms with E-state index in [2.05, 4.69) is 20.9 Å². The number of piperazine rings is 1. The number of nitrogens with two attached hydrogens (primary N) is 1. The molecule has 0 aliphatic carbocycles. The minimum Gasteiger partial charge on any atom is -0.397 e. The number of carbonyl (C=O) groups excluding carboxylic acids is 1. The number of amides is 1. The van der Waals surface area contributed by atoms with Crippen molar-refractivity contribution in [3.8, 4) is 0 Å². The Morgan fingerprint density at radius 1 is 1.06 bits per heavy atom. The summed E-state index contributed by atoms with van der Waals surface area (Å²) in [5, 5.41) is 9.31. The number of hydrogen-bond donors (Lipinski definition) is 4. The van der Waals surface area contributed by atoms with Crippen molar-refractivity contribution in [2.24, 2.45) is 0 Å². The summed E-state index contributed by atoms with van der Waals surface area (Å²) in [6.45, 7) is 3.94. The van der Waals surface area contributed by atoms with Crippen LogP contribution in [0.3, 0.4) is 0 Å². The van der Waals surface area contributed by atoms with Crippen molar-refractivity contribution in [3.63, 3.8) is 0 Å². The molecular formula is C26H28FN5O. The van der Waals surface area contributed by atoms with Crippen LogP contribution in [0.25, 0.3) is 6.08 Å². The third-order valence-corrected chi connectivity index (χ3v) is 5.53. The average molecular weight is 446 g/mol. The van der Waals surface area contributed by atoms with Crippen molar-refractivity contribution < 1.29 is 9.18 Å². The van der Waals surface area contributed by atoms with Crippen LogP contribution in [0.1, 0.15) is 11.1 Å². The molecule has 3 aromatic rings. The molecule has 0 unspecified atom stereocenters. The van der Waals surface area contributed by atoms with Crippen molar-refractivity contribution in [1.82, 2.24) is 5.32 Å². The summed E-state index contributed by atoms with van der Waals surface area (Å²) in [4.78, 5) is 14.2. The fourth-order valence-corrected chi connectivity index (χ4v) is 3.69. The van der Waals surface area contributed by atoms with Gasteiger partial charge in [0.05, 0.1) is 17.1 Å². The molecule has 1 saturated heterocycles. The van der Waals surface area contributed by atoms with E-state index in [1.165, 1.54) is 6.08 Å². The Morgan fingerprint density at radius 3 is 2.55 bits per heavy atom. The Balaban J connectivity index is 1.29. The number of hydrogen-bond acceptors (Lipinski definition) is 5. The summed E-state index contributed by atoms with van der Waals surface area (Å²) in [5.41, 5.74) is 10.3. The maximum Gasteiger partial charge on any atom is 0.248 e. The normalized spacial score (nSPS) is 13.8. The maximum atomic E-state index is 14.6. The van der Waals surface area contributed by atoms with Crippen molar-refractivity contribution >= 4 is 34.7 Å².